The number of hydrogen-bond donors (Lipinski definition) is 2. The number of rotatable bonds is 5. The highest BCUT2D eigenvalue weighted by atomic mass is 19.1. The third-order valence-corrected chi connectivity index (χ3v) is 4.44. The van der Waals surface area contributed by atoms with Gasteiger partial charge < -0.3 is 15.5 Å². The van der Waals surface area contributed by atoms with Crippen molar-refractivity contribution in [3.05, 3.63) is 48.0 Å². The van der Waals surface area contributed by atoms with Gasteiger partial charge in [0.05, 0.1) is 17.9 Å². The van der Waals surface area contributed by atoms with Crippen molar-refractivity contribution in [3.63, 3.8) is 0 Å². The maximum absolute atomic E-state index is 13.0. The largest absolute Gasteiger partial charge is 0.338 e. The normalized spacial score (nSPS) is 18.1. The molecule has 7 heteroatoms. The number of nitrogens with one attached hydrogen (secondary N) is 2. The lowest BCUT2D eigenvalue weighted by molar-refractivity contribution is 0.202. The average Bonchev–Trinajstić information content (AvgIpc) is 3.08. The molecule has 1 saturated heterocycles. The van der Waals surface area contributed by atoms with Crippen LogP contribution in [0.3, 0.4) is 0 Å². The van der Waals surface area contributed by atoms with E-state index in [-0.39, 0.29) is 11.8 Å². The minimum absolute atomic E-state index is 0.176. The number of urea groups is 1. The number of carbonyl (C=O) groups excluding carboxylic acids is 1. The Bertz CT molecular complexity index is 700. The minimum atomic E-state index is -0.279. The fourth-order valence-electron chi connectivity index (χ4n) is 3.10. The second kappa shape index (κ2) is 8.11. The van der Waals surface area contributed by atoms with Crippen molar-refractivity contribution in [3.8, 4) is 5.69 Å². The standard InChI is InChI=1S/C18H24FN5O/c1-23-9-2-3-14(13-23)11-20-18(25)21-12-16-8-10-24(22-16)17-6-4-15(19)5-7-17/h4-8,10,14H,2-3,9,11-13H2,1H3,(H2,20,21,25)/t14-/m0/s1. The van der Waals surface area contributed by atoms with E-state index in [9.17, 15) is 9.18 Å². The van der Waals surface area contributed by atoms with Crippen LogP contribution >= 0.6 is 0 Å². The number of amides is 2. The molecule has 1 aromatic carbocycles. The van der Waals surface area contributed by atoms with Gasteiger partial charge in [-0.05, 0) is 62.7 Å². The summed E-state index contributed by atoms with van der Waals surface area (Å²) >= 11 is 0. The van der Waals surface area contributed by atoms with Crippen LogP contribution in [0.5, 0.6) is 0 Å². The fraction of sp³-hybridized carbons (Fsp3) is 0.444. The summed E-state index contributed by atoms with van der Waals surface area (Å²) in [7, 11) is 2.11. The molecule has 2 aromatic rings. The number of hydrogen-bond acceptors (Lipinski definition) is 3. The van der Waals surface area contributed by atoms with E-state index in [4.69, 9.17) is 0 Å². The highest BCUT2D eigenvalue weighted by Gasteiger charge is 2.17. The summed E-state index contributed by atoms with van der Waals surface area (Å²) in [4.78, 5) is 14.2. The van der Waals surface area contributed by atoms with Crippen molar-refractivity contribution in [2.75, 3.05) is 26.7 Å². The summed E-state index contributed by atoms with van der Waals surface area (Å²) in [5, 5.41) is 10.1. The van der Waals surface area contributed by atoms with Crippen molar-refractivity contribution in [2.24, 2.45) is 5.92 Å². The molecule has 1 aliphatic heterocycles. The molecular weight excluding hydrogens is 321 g/mol. The van der Waals surface area contributed by atoms with E-state index in [0.717, 1.165) is 30.9 Å². The first-order chi connectivity index (χ1) is 12.1. The topological polar surface area (TPSA) is 62.2 Å². The Hall–Kier alpha value is -2.41. The molecule has 0 unspecified atom stereocenters. The third-order valence-electron chi connectivity index (χ3n) is 4.44. The molecule has 0 aliphatic carbocycles. The first-order valence-corrected chi connectivity index (χ1v) is 8.61. The second-order valence-corrected chi connectivity index (χ2v) is 6.56. The molecule has 0 saturated carbocycles. The van der Waals surface area contributed by atoms with Gasteiger partial charge in [0, 0.05) is 19.3 Å². The number of benzene rings is 1. The molecule has 1 aromatic heterocycles. The Kier molecular flexibility index (Phi) is 5.65. The molecule has 2 amide bonds. The molecular formula is C18H24FN5O. The van der Waals surface area contributed by atoms with E-state index in [1.165, 1.54) is 18.6 Å². The van der Waals surface area contributed by atoms with Crippen LogP contribution in [0.4, 0.5) is 9.18 Å². The molecule has 1 atom stereocenters. The van der Waals surface area contributed by atoms with Gasteiger partial charge in [-0.25, -0.2) is 13.9 Å². The quantitative estimate of drug-likeness (QED) is 0.873. The van der Waals surface area contributed by atoms with Crippen LogP contribution in [0.1, 0.15) is 18.5 Å². The lowest BCUT2D eigenvalue weighted by Gasteiger charge is -2.29. The van der Waals surface area contributed by atoms with Gasteiger partial charge in [-0.15, -0.1) is 0 Å². The molecule has 1 aliphatic rings. The van der Waals surface area contributed by atoms with Crippen molar-refractivity contribution in [1.82, 2.24) is 25.3 Å². The van der Waals surface area contributed by atoms with Crippen LogP contribution < -0.4 is 10.6 Å². The Morgan fingerprint density at radius 1 is 1.28 bits per heavy atom. The van der Waals surface area contributed by atoms with E-state index in [0.29, 0.717) is 19.0 Å². The summed E-state index contributed by atoms with van der Waals surface area (Å²) < 4.78 is 14.6. The summed E-state index contributed by atoms with van der Waals surface area (Å²) in [6, 6.07) is 7.76. The van der Waals surface area contributed by atoms with E-state index < -0.39 is 0 Å². The lowest BCUT2D eigenvalue weighted by atomic mass is 9.99. The molecule has 0 bridgehead atoms. The molecule has 134 valence electrons. The molecule has 3 rings (SSSR count). The maximum Gasteiger partial charge on any atom is 0.315 e. The van der Waals surface area contributed by atoms with E-state index in [2.05, 4.69) is 27.7 Å². The number of piperidine rings is 1. The zero-order chi connectivity index (χ0) is 17.6. The Morgan fingerprint density at radius 2 is 2.08 bits per heavy atom. The summed E-state index contributed by atoms with van der Waals surface area (Å²) in [5.74, 6) is 0.237. The van der Waals surface area contributed by atoms with Crippen LogP contribution in [0.15, 0.2) is 36.5 Å². The zero-order valence-electron chi connectivity index (χ0n) is 14.4. The van der Waals surface area contributed by atoms with Crippen molar-refractivity contribution in [2.45, 2.75) is 19.4 Å². The predicted octanol–water partition coefficient (Wildman–Crippen LogP) is 2.15. The minimum Gasteiger partial charge on any atom is -0.338 e. The summed E-state index contributed by atoms with van der Waals surface area (Å²) in [6.07, 6.45) is 4.14. The fourth-order valence-corrected chi connectivity index (χ4v) is 3.10. The Morgan fingerprint density at radius 3 is 2.84 bits per heavy atom. The second-order valence-electron chi connectivity index (χ2n) is 6.56. The van der Waals surface area contributed by atoms with Crippen molar-refractivity contribution >= 4 is 6.03 Å². The SMILES string of the molecule is CN1CCC[C@@H](CNC(=O)NCc2ccn(-c3ccc(F)cc3)n2)C1. The number of aromatic nitrogens is 2. The van der Waals surface area contributed by atoms with Gasteiger partial charge in [0.25, 0.3) is 0 Å². The van der Waals surface area contributed by atoms with Gasteiger partial charge in [-0.1, -0.05) is 0 Å². The van der Waals surface area contributed by atoms with Gasteiger partial charge in [0.1, 0.15) is 5.82 Å². The van der Waals surface area contributed by atoms with Gasteiger partial charge in [0.2, 0.25) is 0 Å². The van der Waals surface area contributed by atoms with Gasteiger partial charge >= 0.3 is 6.03 Å². The first-order valence-electron chi connectivity index (χ1n) is 8.61. The van der Waals surface area contributed by atoms with E-state index in [1.807, 2.05) is 6.07 Å². The van der Waals surface area contributed by atoms with Crippen LogP contribution in [-0.2, 0) is 6.54 Å². The lowest BCUT2D eigenvalue weighted by Crippen LogP contribution is -2.42. The summed E-state index contributed by atoms with van der Waals surface area (Å²) in [5.41, 5.74) is 1.52. The van der Waals surface area contributed by atoms with Crippen molar-refractivity contribution < 1.29 is 9.18 Å². The highest BCUT2D eigenvalue weighted by Crippen LogP contribution is 2.13. The summed E-state index contributed by atoms with van der Waals surface area (Å²) in [6.45, 7) is 3.21. The zero-order valence-corrected chi connectivity index (χ0v) is 14.4. The molecule has 2 heterocycles. The van der Waals surface area contributed by atoms with E-state index >= 15 is 0 Å². The van der Waals surface area contributed by atoms with Crippen LogP contribution in [0.25, 0.3) is 5.69 Å². The first kappa shape index (κ1) is 17.4. The molecule has 25 heavy (non-hydrogen) atoms. The molecule has 0 radical (unpaired) electrons. The van der Waals surface area contributed by atoms with Gasteiger partial charge in [-0.3, -0.25) is 0 Å². The molecule has 6 nitrogen and oxygen atoms in total. The number of nitrogens with zero attached hydrogens (tertiary/aromatic N) is 3. The maximum atomic E-state index is 13.0. The molecule has 0 spiro atoms. The predicted molar refractivity (Wildman–Crippen MR) is 94.0 cm³/mol. The molecule has 2 N–H and O–H groups in total. The van der Waals surface area contributed by atoms with E-state index in [1.54, 1.807) is 23.0 Å². The Balaban J connectivity index is 1.44. The monoisotopic (exact) mass is 345 g/mol. The number of halogens is 1. The van der Waals surface area contributed by atoms with Crippen LogP contribution in [0, 0.1) is 11.7 Å². The van der Waals surface area contributed by atoms with Gasteiger partial charge in [-0.2, -0.15) is 5.10 Å². The van der Waals surface area contributed by atoms with Crippen molar-refractivity contribution in [1.29, 1.82) is 0 Å². The average molecular weight is 345 g/mol. The molecule has 1 fully saturated rings. The third kappa shape index (κ3) is 5.03. The number of likely N-dealkylation sites (tertiary alicyclic amines) is 1. The van der Waals surface area contributed by atoms with Crippen LogP contribution in [0.2, 0.25) is 0 Å². The highest BCUT2D eigenvalue weighted by molar-refractivity contribution is 5.73. The Labute approximate surface area is 147 Å². The van der Waals surface area contributed by atoms with Gasteiger partial charge in [0.15, 0.2) is 0 Å². The smallest absolute Gasteiger partial charge is 0.315 e. The van der Waals surface area contributed by atoms with Crippen LogP contribution in [-0.4, -0.2) is 47.4 Å². The number of carbonyl (C=O) groups is 1.